The van der Waals surface area contributed by atoms with E-state index in [1.54, 1.807) is 0 Å². The van der Waals surface area contributed by atoms with Crippen LogP contribution in [0.5, 0.6) is 0 Å². The molecule has 1 unspecified atom stereocenters. The first-order chi connectivity index (χ1) is 10.6. The average molecular weight is 317 g/mol. The molecular formula is C17H35NO4. The Morgan fingerprint density at radius 3 is 2.14 bits per heavy atom. The monoisotopic (exact) mass is 317 g/mol. The number of carboxylic acids is 1. The summed E-state index contributed by atoms with van der Waals surface area (Å²) in [5.74, 6) is -0.847. The summed E-state index contributed by atoms with van der Waals surface area (Å²) in [6, 6.07) is 0. The number of hydrogen-bond acceptors (Lipinski definition) is 4. The van der Waals surface area contributed by atoms with Gasteiger partial charge in [-0.05, 0) is 6.42 Å². The molecule has 0 bridgehead atoms. The molecule has 0 fully saturated rings. The van der Waals surface area contributed by atoms with E-state index in [0.29, 0.717) is 19.6 Å². The summed E-state index contributed by atoms with van der Waals surface area (Å²) < 4.78 is 0. The number of hydrogen-bond donors (Lipinski definition) is 3. The fraction of sp³-hybridized carbons (Fsp3) is 0.941. The summed E-state index contributed by atoms with van der Waals surface area (Å²) in [4.78, 5) is 12.4. The zero-order valence-corrected chi connectivity index (χ0v) is 14.2. The molecule has 0 amide bonds. The molecule has 0 aromatic carbocycles. The van der Waals surface area contributed by atoms with Gasteiger partial charge in [0, 0.05) is 19.6 Å². The zero-order chi connectivity index (χ0) is 16.6. The summed E-state index contributed by atoms with van der Waals surface area (Å²) in [7, 11) is 0. The number of carboxylic acid groups (broad SMARTS) is 1. The largest absolute Gasteiger partial charge is 0.481 e. The van der Waals surface area contributed by atoms with Gasteiger partial charge in [0.15, 0.2) is 0 Å². The van der Waals surface area contributed by atoms with Crippen molar-refractivity contribution in [2.45, 2.75) is 77.2 Å². The predicted molar refractivity (Wildman–Crippen MR) is 89.0 cm³/mol. The Bertz CT molecular complexity index is 261. The van der Waals surface area contributed by atoms with Gasteiger partial charge in [-0.1, -0.05) is 58.3 Å². The number of nitrogens with zero attached hydrogens (tertiary/aromatic N) is 1. The van der Waals surface area contributed by atoms with Crippen LogP contribution >= 0.6 is 0 Å². The van der Waals surface area contributed by atoms with Crippen LogP contribution in [-0.2, 0) is 4.79 Å². The standard InChI is InChI=1S/C17H35NO4/c1-2-3-4-5-6-7-8-9-10-16(20)15-18(13-14-19)12-11-17(21)22/h16,19-20H,2-15H2,1H3,(H,21,22). The van der Waals surface area contributed by atoms with Crippen molar-refractivity contribution >= 4 is 5.97 Å². The molecule has 0 aliphatic heterocycles. The van der Waals surface area contributed by atoms with Gasteiger partial charge in [0.2, 0.25) is 0 Å². The van der Waals surface area contributed by atoms with Crippen molar-refractivity contribution in [3.05, 3.63) is 0 Å². The average Bonchev–Trinajstić information content (AvgIpc) is 2.47. The Morgan fingerprint density at radius 1 is 1.00 bits per heavy atom. The lowest BCUT2D eigenvalue weighted by molar-refractivity contribution is -0.137. The predicted octanol–water partition coefficient (Wildman–Crippen LogP) is 2.65. The minimum Gasteiger partial charge on any atom is -0.481 e. The van der Waals surface area contributed by atoms with E-state index in [1.807, 2.05) is 4.90 Å². The minimum atomic E-state index is -0.847. The highest BCUT2D eigenvalue weighted by Crippen LogP contribution is 2.11. The summed E-state index contributed by atoms with van der Waals surface area (Å²) in [5, 5.41) is 27.7. The van der Waals surface area contributed by atoms with Crippen molar-refractivity contribution in [3.63, 3.8) is 0 Å². The Morgan fingerprint density at radius 2 is 1.59 bits per heavy atom. The number of aliphatic hydroxyl groups is 2. The van der Waals surface area contributed by atoms with Gasteiger partial charge in [-0.2, -0.15) is 0 Å². The van der Waals surface area contributed by atoms with Crippen molar-refractivity contribution in [1.29, 1.82) is 0 Å². The highest BCUT2D eigenvalue weighted by molar-refractivity contribution is 5.66. The SMILES string of the molecule is CCCCCCCCCCC(O)CN(CCO)CCC(=O)O. The van der Waals surface area contributed by atoms with Crippen molar-refractivity contribution in [1.82, 2.24) is 4.90 Å². The number of rotatable bonds is 16. The maximum atomic E-state index is 10.6. The lowest BCUT2D eigenvalue weighted by Crippen LogP contribution is -2.36. The summed E-state index contributed by atoms with van der Waals surface area (Å²) in [6.07, 6.45) is 10.3. The highest BCUT2D eigenvalue weighted by atomic mass is 16.4. The molecule has 1 atom stereocenters. The van der Waals surface area contributed by atoms with Gasteiger partial charge < -0.3 is 15.3 Å². The molecule has 0 radical (unpaired) electrons. The van der Waals surface area contributed by atoms with Crippen LogP contribution in [0.4, 0.5) is 0 Å². The third-order valence-electron chi connectivity index (χ3n) is 3.92. The van der Waals surface area contributed by atoms with Gasteiger partial charge in [-0.15, -0.1) is 0 Å². The normalized spacial score (nSPS) is 12.7. The van der Waals surface area contributed by atoms with Crippen LogP contribution in [-0.4, -0.2) is 58.5 Å². The molecule has 0 aliphatic rings. The molecule has 5 heteroatoms. The topological polar surface area (TPSA) is 81.0 Å². The molecule has 5 nitrogen and oxygen atoms in total. The Balaban J connectivity index is 3.62. The van der Waals surface area contributed by atoms with Gasteiger partial charge in [0.1, 0.15) is 0 Å². The third-order valence-corrected chi connectivity index (χ3v) is 3.92. The van der Waals surface area contributed by atoms with E-state index in [4.69, 9.17) is 10.2 Å². The lowest BCUT2D eigenvalue weighted by atomic mass is 10.1. The van der Waals surface area contributed by atoms with E-state index in [-0.39, 0.29) is 13.0 Å². The second-order valence-corrected chi connectivity index (χ2v) is 6.09. The second kappa shape index (κ2) is 15.3. The van der Waals surface area contributed by atoms with Crippen LogP contribution in [0.25, 0.3) is 0 Å². The van der Waals surface area contributed by atoms with E-state index in [0.717, 1.165) is 19.3 Å². The van der Waals surface area contributed by atoms with Gasteiger partial charge in [-0.3, -0.25) is 9.69 Å². The first-order valence-electron chi connectivity index (χ1n) is 8.83. The molecule has 0 aromatic rings. The lowest BCUT2D eigenvalue weighted by Gasteiger charge is -2.23. The van der Waals surface area contributed by atoms with Crippen LogP contribution in [0.3, 0.4) is 0 Å². The molecule has 0 rings (SSSR count). The molecule has 0 heterocycles. The molecule has 0 aliphatic carbocycles. The number of carbonyl (C=O) groups is 1. The highest BCUT2D eigenvalue weighted by Gasteiger charge is 2.12. The van der Waals surface area contributed by atoms with Gasteiger partial charge in [0.05, 0.1) is 19.1 Å². The summed E-state index contributed by atoms with van der Waals surface area (Å²) in [6.45, 7) is 3.46. The van der Waals surface area contributed by atoms with Gasteiger partial charge >= 0.3 is 5.97 Å². The van der Waals surface area contributed by atoms with E-state index >= 15 is 0 Å². The maximum Gasteiger partial charge on any atom is 0.304 e. The van der Waals surface area contributed by atoms with Crippen LogP contribution in [0, 0.1) is 0 Å². The molecule has 0 saturated heterocycles. The van der Waals surface area contributed by atoms with Crippen LogP contribution in [0.15, 0.2) is 0 Å². The Labute approximate surface area is 135 Å². The van der Waals surface area contributed by atoms with Crippen LogP contribution in [0.2, 0.25) is 0 Å². The smallest absolute Gasteiger partial charge is 0.304 e. The maximum absolute atomic E-state index is 10.6. The summed E-state index contributed by atoms with van der Waals surface area (Å²) >= 11 is 0. The first kappa shape index (κ1) is 21.4. The quantitative estimate of drug-likeness (QED) is 0.381. The minimum absolute atomic E-state index is 0.00982. The number of aliphatic hydroxyl groups excluding tert-OH is 2. The van der Waals surface area contributed by atoms with Gasteiger partial charge in [0.25, 0.3) is 0 Å². The number of unbranched alkanes of at least 4 members (excludes halogenated alkanes) is 7. The van der Waals surface area contributed by atoms with E-state index in [2.05, 4.69) is 6.92 Å². The van der Waals surface area contributed by atoms with Crippen LogP contribution < -0.4 is 0 Å². The zero-order valence-electron chi connectivity index (χ0n) is 14.2. The second-order valence-electron chi connectivity index (χ2n) is 6.09. The van der Waals surface area contributed by atoms with Crippen molar-refractivity contribution in [3.8, 4) is 0 Å². The number of aliphatic carboxylic acids is 1. The third kappa shape index (κ3) is 14.3. The van der Waals surface area contributed by atoms with E-state index < -0.39 is 12.1 Å². The fourth-order valence-corrected chi connectivity index (χ4v) is 2.59. The molecule has 0 spiro atoms. The molecule has 22 heavy (non-hydrogen) atoms. The summed E-state index contributed by atoms with van der Waals surface area (Å²) in [5.41, 5.74) is 0. The molecule has 132 valence electrons. The first-order valence-corrected chi connectivity index (χ1v) is 8.83. The van der Waals surface area contributed by atoms with E-state index in [9.17, 15) is 9.90 Å². The molecular weight excluding hydrogens is 282 g/mol. The van der Waals surface area contributed by atoms with Crippen molar-refractivity contribution in [2.24, 2.45) is 0 Å². The molecule has 0 aromatic heterocycles. The fourth-order valence-electron chi connectivity index (χ4n) is 2.59. The Kier molecular flexibility index (Phi) is 14.8. The Hall–Kier alpha value is -0.650. The molecule has 3 N–H and O–H groups in total. The van der Waals surface area contributed by atoms with Crippen LogP contribution in [0.1, 0.15) is 71.1 Å². The van der Waals surface area contributed by atoms with E-state index in [1.165, 1.54) is 38.5 Å². The van der Waals surface area contributed by atoms with Crippen molar-refractivity contribution < 1.29 is 20.1 Å². The molecule has 0 saturated carbocycles. The van der Waals surface area contributed by atoms with Crippen molar-refractivity contribution in [2.75, 3.05) is 26.2 Å². The van der Waals surface area contributed by atoms with Gasteiger partial charge in [-0.25, -0.2) is 0 Å².